The van der Waals surface area contributed by atoms with Crippen LogP contribution in [-0.4, -0.2) is 33.3 Å². The van der Waals surface area contributed by atoms with Crippen molar-refractivity contribution in [1.29, 1.82) is 0 Å². The molecular weight excluding hydrogens is 238 g/mol. The lowest BCUT2D eigenvalue weighted by atomic mass is 9.93. The van der Waals surface area contributed by atoms with Gasteiger partial charge in [-0.3, -0.25) is 9.59 Å². The fourth-order valence-corrected chi connectivity index (χ4v) is 1.60. The number of aromatic hydroxyl groups is 1. The van der Waals surface area contributed by atoms with Gasteiger partial charge in [-0.1, -0.05) is 12.1 Å². The zero-order valence-corrected chi connectivity index (χ0v) is 9.61. The highest BCUT2D eigenvalue weighted by Gasteiger charge is 2.24. The minimum atomic E-state index is -1.22. The number of carboxylic acid groups (broad SMARTS) is 2. The Hall–Kier alpha value is -2.08. The Morgan fingerprint density at radius 2 is 1.67 bits per heavy atom. The van der Waals surface area contributed by atoms with E-state index in [0.29, 0.717) is 5.56 Å². The molecule has 1 aromatic rings. The number of hydrogen-bond acceptors (Lipinski definition) is 4. The summed E-state index contributed by atoms with van der Waals surface area (Å²) in [5.74, 6) is -3.07. The van der Waals surface area contributed by atoms with Gasteiger partial charge in [-0.25, -0.2) is 0 Å². The first-order valence-corrected chi connectivity index (χ1v) is 5.39. The summed E-state index contributed by atoms with van der Waals surface area (Å²) in [5, 5.41) is 26.8. The molecule has 0 saturated heterocycles. The van der Waals surface area contributed by atoms with Gasteiger partial charge in [0.2, 0.25) is 0 Å². The van der Waals surface area contributed by atoms with E-state index in [4.69, 9.17) is 21.1 Å². The molecule has 0 fully saturated rings. The standard InChI is InChI=1S/C12H15NO5/c13-10(12(17)18)6-8(11(15)16)5-7-1-3-9(14)4-2-7/h1-4,8,10,14H,5-6,13H2,(H,15,16)(H,17,18). The predicted molar refractivity (Wildman–Crippen MR) is 63.2 cm³/mol. The first kappa shape index (κ1) is 14.0. The van der Waals surface area contributed by atoms with E-state index in [2.05, 4.69) is 0 Å². The van der Waals surface area contributed by atoms with Gasteiger partial charge in [-0.2, -0.15) is 0 Å². The molecule has 0 radical (unpaired) electrons. The molecule has 0 aliphatic rings. The minimum absolute atomic E-state index is 0.0906. The van der Waals surface area contributed by atoms with Crippen LogP contribution >= 0.6 is 0 Å². The van der Waals surface area contributed by atoms with E-state index in [1.54, 1.807) is 12.1 Å². The molecule has 0 saturated carbocycles. The zero-order chi connectivity index (χ0) is 13.7. The van der Waals surface area contributed by atoms with Crippen LogP contribution in [0.15, 0.2) is 24.3 Å². The van der Waals surface area contributed by atoms with E-state index >= 15 is 0 Å². The molecule has 0 spiro atoms. The smallest absolute Gasteiger partial charge is 0.320 e. The van der Waals surface area contributed by atoms with Gasteiger partial charge in [0.05, 0.1) is 5.92 Å². The molecule has 0 aromatic heterocycles. The van der Waals surface area contributed by atoms with Gasteiger partial charge in [0.15, 0.2) is 0 Å². The van der Waals surface area contributed by atoms with Crippen molar-refractivity contribution in [1.82, 2.24) is 0 Å². The molecule has 2 unspecified atom stereocenters. The van der Waals surface area contributed by atoms with Gasteiger partial charge < -0.3 is 21.1 Å². The molecule has 5 N–H and O–H groups in total. The summed E-state index contributed by atoms with van der Waals surface area (Å²) < 4.78 is 0. The maximum atomic E-state index is 11.0. The van der Waals surface area contributed by atoms with Crippen LogP contribution in [0.4, 0.5) is 0 Å². The molecule has 98 valence electrons. The molecule has 0 aliphatic heterocycles. The highest BCUT2D eigenvalue weighted by atomic mass is 16.4. The first-order valence-electron chi connectivity index (χ1n) is 5.39. The number of carbonyl (C=O) groups is 2. The lowest BCUT2D eigenvalue weighted by Crippen LogP contribution is -2.35. The van der Waals surface area contributed by atoms with E-state index in [9.17, 15) is 9.59 Å². The van der Waals surface area contributed by atoms with Crippen molar-refractivity contribution < 1.29 is 24.9 Å². The summed E-state index contributed by atoms with van der Waals surface area (Å²) in [6, 6.07) is 4.90. The summed E-state index contributed by atoms with van der Waals surface area (Å²) in [6.07, 6.45) is 0.0438. The molecule has 0 amide bonds. The fraction of sp³-hybridized carbons (Fsp3) is 0.333. The van der Waals surface area contributed by atoms with E-state index < -0.39 is 23.9 Å². The third-order valence-electron chi connectivity index (χ3n) is 2.62. The number of carboxylic acids is 2. The lowest BCUT2D eigenvalue weighted by molar-refractivity contribution is -0.143. The summed E-state index contributed by atoms with van der Waals surface area (Å²) >= 11 is 0. The summed E-state index contributed by atoms with van der Waals surface area (Å²) in [4.78, 5) is 21.6. The van der Waals surface area contributed by atoms with Crippen LogP contribution in [0.1, 0.15) is 12.0 Å². The monoisotopic (exact) mass is 253 g/mol. The van der Waals surface area contributed by atoms with Crippen molar-refractivity contribution in [2.75, 3.05) is 0 Å². The zero-order valence-electron chi connectivity index (χ0n) is 9.61. The highest BCUT2D eigenvalue weighted by Crippen LogP contribution is 2.17. The molecular formula is C12H15NO5. The molecule has 1 aromatic carbocycles. The SMILES string of the molecule is NC(CC(Cc1ccc(O)cc1)C(=O)O)C(=O)O. The Morgan fingerprint density at radius 3 is 2.11 bits per heavy atom. The Bertz CT molecular complexity index is 429. The summed E-state index contributed by atoms with van der Waals surface area (Å²) in [5.41, 5.74) is 6.04. The molecule has 18 heavy (non-hydrogen) atoms. The topological polar surface area (TPSA) is 121 Å². The van der Waals surface area contributed by atoms with E-state index in [0.717, 1.165) is 0 Å². The molecule has 2 atom stereocenters. The molecule has 6 nitrogen and oxygen atoms in total. The van der Waals surface area contributed by atoms with Crippen molar-refractivity contribution in [2.45, 2.75) is 18.9 Å². The normalized spacial score (nSPS) is 13.8. The van der Waals surface area contributed by atoms with Crippen LogP contribution in [-0.2, 0) is 16.0 Å². The van der Waals surface area contributed by atoms with Crippen LogP contribution < -0.4 is 5.73 Å². The second kappa shape index (κ2) is 6.02. The number of benzene rings is 1. The van der Waals surface area contributed by atoms with Crippen LogP contribution in [0.25, 0.3) is 0 Å². The van der Waals surface area contributed by atoms with Crippen LogP contribution in [0.3, 0.4) is 0 Å². The van der Waals surface area contributed by atoms with Gasteiger partial charge in [-0.15, -0.1) is 0 Å². The van der Waals surface area contributed by atoms with E-state index in [1.165, 1.54) is 12.1 Å². The molecule has 0 heterocycles. The maximum Gasteiger partial charge on any atom is 0.320 e. The second-order valence-electron chi connectivity index (χ2n) is 4.09. The van der Waals surface area contributed by atoms with Crippen LogP contribution in [0, 0.1) is 5.92 Å². The average molecular weight is 253 g/mol. The minimum Gasteiger partial charge on any atom is -0.508 e. The summed E-state index contributed by atoms with van der Waals surface area (Å²) in [6.45, 7) is 0. The highest BCUT2D eigenvalue weighted by molar-refractivity contribution is 5.76. The Labute approximate surface area is 104 Å². The van der Waals surface area contributed by atoms with Gasteiger partial charge in [0.1, 0.15) is 11.8 Å². The molecule has 1 rings (SSSR count). The number of phenols is 1. The predicted octanol–water partition coefficient (Wildman–Crippen LogP) is 0.437. The van der Waals surface area contributed by atoms with Crippen LogP contribution in [0.2, 0.25) is 0 Å². The van der Waals surface area contributed by atoms with E-state index in [-0.39, 0.29) is 18.6 Å². The number of phenolic OH excluding ortho intramolecular Hbond substituents is 1. The fourth-order valence-electron chi connectivity index (χ4n) is 1.60. The third-order valence-corrected chi connectivity index (χ3v) is 2.62. The Kier molecular flexibility index (Phi) is 4.67. The van der Waals surface area contributed by atoms with Crippen molar-refractivity contribution in [3.05, 3.63) is 29.8 Å². The lowest BCUT2D eigenvalue weighted by Gasteiger charge is -2.14. The van der Waals surface area contributed by atoms with Crippen molar-refractivity contribution in [2.24, 2.45) is 11.7 Å². The number of nitrogens with two attached hydrogens (primary N) is 1. The number of rotatable bonds is 6. The Morgan fingerprint density at radius 1 is 1.11 bits per heavy atom. The molecule has 0 aliphatic carbocycles. The maximum absolute atomic E-state index is 11.0. The Balaban J connectivity index is 2.71. The van der Waals surface area contributed by atoms with Gasteiger partial charge in [-0.05, 0) is 30.5 Å². The first-order chi connectivity index (χ1) is 8.40. The average Bonchev–Trinajstić information content (AvgIpc) is 2.30. The second-order valence-corrected chi connectivity index (χ2v) is 4.09. The largest absolute Gasteiger partial charge is 0.508 e. The van der Waals surface area contributed by atoms with Crippen molar-refractivity contribution in [3.63, 3.8) is 0 Å². The van der Waals surface area contributed by atoms with Gasteiger partial charge in [0, 0.05) is 0 Å². The molecule has 0 bridgehead atoms. The van der Waals surface area contributed by atoms with Crippen molar-refractivity contribution >= 4 is 11.9 Å². The van der Waals surface area contributed by atoms with Gasteiger partial charge >= 0.3 is 11.9 Å². The van der Waals surface area contributed by atoms with Crippen LogP contribution in [0.5, 0.6) is 5.75 Å². The molecule has 6 heteroatoms. The number of aliphatic carboxylic acids is 2. The third kappa shape index (κ3) is 4.06. The summed E-state index contributed by atoms with van der Waals surface area (Å²) in [7, 11) is 0. The number of hydrogen-bond donors (Lipinski definition) is 4. The van der Waals surface area contributed by atoms with Gasteiger partial charge in [0.25, 0.3) is 0 Å². The quantitative estimate of drug-likeness (QED) is 0.583. The van der Waals surface area contributed by atoms with E-state index in [1.807, 2.05) is 0 Å². The van der Waals surface area contributed by atoms with Crippen molar-refractivity contribution in [3.8, 4) is 5.75 Å².